The van der Waals surface area contributed by atoms with Gasteiger partial charge in [0.1, 0.15) is 18.5 Å². The Bertz CT molecular complexity index is 871. The number of carbonyl (C=O) groups excluding carboxylic acids is 1. The Kier molecular flexibility index (Phi) is 6.21. The molecule has 0 amide bonds. The van der Waals surface area contributed by atoms with E-state index in [1.54, 1.807) is 36.4 Å². The SMILES string of the molecule is O=C1C[C@H](O)C[C@@H](/C=C/c2c(Cl)cc(Cl)cc2OCc2ccc[n+]([O-])c2)O1. The number of benzene rings is 1. The number of hydrogen-bond acceptors (Lipinski definition) is 5. The average molecular weight is 410 g/mol. The Morgan fingerprint density at radius 1 is 1.41 bits per heavy atom. The van der Waals surface area contributed by atoms with Crippen LogP contribution >= 0.6 is 23.2 Å². The van der Waals surface area contributed by atoms with Gasteiger partial charge in [-0.1, -0.05) is 29.3 Å². The Labute approximate surface area is 166 Å². The third kappa shape index (κ3) is 5.35. The van der Waals surface area contributed by atoms with E-state index in [2.05, 4.69) is 0 Å². The van der Waals surface area contributed by atoms with Crippen molar-refractivity contribution in [2.24, 2.45) is 0 Å². The zero-order chi connectivity index (χ0) is 19.4. The lowest BCUT2D eigenvalue weighted by Gasteiger charge is -2.23. The number of hydrogen-bond donors (Lipinski definition) is 1. The van der Waals surface area contributed by atoms with Gasteiger partial charge in [0.25, 0.3) is 0 Å². The fourth-order valence-corrected chi connectivity index (χ4v) is 3.26. The first kappa shape index (κ1) is 19.5. The minimum Gasteiger partial charge on any atom is -0.619 e. The molecule has 0 unspecified atom stereocenters. The fraction of sp³-hybridized carbons (Fsp3) is 0.263. The molecule has 2 atom stereocenters. The van der Waals surface area contributed by atoms with Gasteiger partial charge >= 0.3 is 5.97 Å². The number of ether oxygens (including phenoxy) is 2. The number of esters is 1. The third-order valence-electron chi connectivity index (χ3n) is 3.95. The van der Waals surface area contributed by atoms with Crippen molar-refractivity contribution in [3.8, 4) is 5.75 Å². The predicted molar refractivity (Wildman–Crippen MR) is 100 cm³/mol. The van der Waals surface area contributed by atoms with Crippen LogP contribution < -0.4 is 9.47 Å². The molecule has 1 saturated heterocycles. The van der Waals surface area contributed by atoms with Gasteiger partial charge in [-0.15, -0.1) is 0 Å². The largest absolute Gasteiger partial charge is 0.619 e. The predicted octanol–water partition coefficient (Wildman–Crippen LogP) is 3.29. The molecule has 1 aromatic heterocycles. The van der Waals surface area contributed by atoms with Crippen molar-refractivity contribution in [2.45, 2.75) is 31.7 Å². The maximum Gasteiger partial charge on any atom is 0.309 e. The topological polar surface area (TPSA) is 82.7 Å². The van der Waals surface area contributed by atoms with Crippen molar-refractivity contribution in [2.75, 3.05) is 0 Å². The van der Waals surface area contributed by atoms with Gasteiger partial charge in [0.05, 0.1) is 23.1 Å². The van der Waals surface area contributed by atoms with Gasteiger partial charge in [-0.2, -0.15) is 4.73 Å². The Morgan fingerprint density at radius 2 is 2.22 bits per heavy atom. The van der Waals surface area contributed by atoms with Crippen LogP contribution in [-0.2, 0) is 16.1 Å². The van der Waals surface area contributed by atoms with Crippen molar-refractivity contribution in [1.29, 1.82) is 0 Å². The van der Waals surface area contributed by atoms with Crippen LogP contribution in [0.5, 0.6) is 5.75 Å². The first-order valence-electron chi connectivity index (χ1n) is 8.26. The van der Waals surface area contributed by atoms with Crippen molar-refractivity contribution in [1.82, 2.24) is 0 Å². The molecule has 1 aliphatic rings. The van der Waals surface area contributed by atoms with Crippen LogP contribution in [0.3, 0.4) is 0 Å². The molecule has 6 nitrogen and oxygen atoms in total. The number of pyridine rings is 1. The zero-order valence-electron chi connectivity index (χ0n) is 14.2. The third-order valence-corrected chi connectivity index (χ3v) is 4.49. The highest BCUT2D eigenvalue weighted by Crippen LogP contribution is 2.33. The van der Waals surface area contributed by atoms with Crippen molar-refractivity contribution >= 4 is 35.2 Å². The van der Waals surface area contributed by atoms with Gasteiger partial charge in [0, 0.05) is 23.1 Å². The lowest BCUT2D eigenvalue weighted by atomic mass is 10.0. The van der Waals surface area contributed by atoms with Gasteiger partial charge in [-0.25, -0.2) is 0 Å². The van der Waals surface area contributed by atoms with Crippen LogP contribution in [0.1, 0.15) is 24.0 Å². The molecule has 142 valence electrons. The first-order valence-corrected chi connectivity index (χ1v) is 9.01. The van der Waals surface area contributed by atoms with E-state index in [0.29, 0.717) is 38.1 Å². The maximum atomic E-state index is 11.4. The second kappa shape index (κ2) is 8.61. The van der Waals surface area contributed by atoms with Crippen LogP contribution in [0.4, 0.5) is 0 Å². The number of halogens is 2. The van der Waals surface area contributed by atoms with E-state index in [-0.39, 0.29) is 13.0 Å². The minimum absolute atomic E-state index is 0.00279. The van der Waals surface area contributed by atoms with Crippen LogP contribution in [-0.4, -0.2) is 23.3 Å². The Hall–Kier alpha value is -2.28. The summed E-state index contributed by atoms with van der Waals surface area (Å²) < 4.78 is 11.7. The van der Waals surface area contributed by atoms with Gasteiger partial charge in [0.2, 0.25) is 0 Å². The van der Waals surface area contributed by atoms with Crippen LogP contribution in [0.15, 0.2) is 42.7 Å². The van der Waals surface area contributed by atoms with E-state index >= 15 is 0 Å². The van der Waals surface area contributed by atoms with Crippen LogP contribution in [0.2, 0.25) is 10.0 Å². The molecule has 27 heavy (non-hydrogen) atoms. The van der Waals surface area contributed by atoms with E-state index in [4.69, 9.17) is 32.7 Å². The highest BCUT2D eigenvalue weighted by Gasteiger charge is 2.25. The normalized spacial score (nSPS) is 19.9. The Balaban J connectivity index is 1.79. The number of aliphatic hydroxyl groups is 1. The van der Waals surface area contributed by atoms with Gasteiger partial charge in [-0.05, 0) is 24.3 Å². The molecule has 0 saturated carbocycles. The molecule has 1 aliphatic heterocycles. The maximum absolute atomic E-state index is 11.4. The van der Waals surface area contributed by atoms with Gasteiger partial charge in [0.15, 0.2) is 12.4 Å². The van der Waals surface area contributed by atoms with E-state index in [1.807, 2.05) is 0 Å². The molecule has 1 aromatic carbocycles. The molecule has 3 rings (SSSR count). The van der Waals surface area contributed by atoms with Crippen molar-refractivity contribution < 1.29 is 24.1 Å². The van der Waals surface area contributed by atoms with E-state index in [9.17, 15) is 15.1 Å². The second-order valence-corrected chi connectivity index (χ2v) is 6.98. The van der Waals surface area contributed by atoms with E-state index in [0.717, 1.165) is 0 Å². The van der Waals surface area contributed by atoms with Crippen molar-refractivity contribution in [3.63, 3.8) is 0 Å². The average Bonchev–Trinajstić information content (AvgIpc) is 2.58. The van der Waals surface area contributed by atoms with Crippen LogP contribution in [0, 0.1) is 5.21 Å². The molecule has 0 radical (unpaired) electrons. The van der Waals surface area contributed by atoms with Crippen molar-refractivity contribution in [3.05, 3.63) is 69.1 Å². The first-order chi connectivity index (χ1) is 12.9. The van der Waals surface area contributed by atoms with Crippen LogP contribution in [0.25, 0.3) is 6.08 Å². The molecule has 0 spiro atoms. The molecular formula is C19H17Cl2NO5. The summed E-state index contributed by atoms with van der Waals surface area (Å²) in [6, 6.07) is 6.58. The van der Waals surface area contributed by atoms with Gasteiger partial charge < -0.3 is 19.8 Å². The zero-order valence-corrected chi connectivity index (χ0v) is 15.7. The molecule has 8 heteroatoms. The highest BCUT2D eigenvalue weighted by molar-refractivity contribution is 6.35. The quantitative estimate of drug-likeness (QED) is 0.465. The molecule has 0 bridgehead atoms. The summed E-state index contributed by atoms with van der Waals surface area (Å²) in [5.74, 6) is -0.0233. The standard InChI is InChI=1S/C19H17Cl2NO5/c20-13-6-17(21)16(4-3-15-8-14(23)9-19(24)27-15)18(7-13)26-11-12-2-1-5-22(25)10-12/h1-7,10,14-15,23H,8-9,11H2/b4-3+/t14-,15-/m1/s1. The second-order valence-electron chi connectivity index (χ2n) is 6.14. The number of aliphatic hydroxyl groups excluding tert-OH is 1. The molecule has 1 fully saturated rings. The minimum atomic E-state index is -0.728. The summed E-state index contributed by atoms with van der Waals surface area (Å²) in [6.07, 6.45) is 5.15. The number of aromatic nitrogens is 1. The fourth-order valence-electron chi connectivity index (χ4n) is 2.72. The lowest BCUT2D eigenvalue weighted by molar-refractivity contribution is -0.606. The Morgan fingerprint density at radius 3 is 2.96 bits per heavy atom. The summed E-state index contributed by atoms with van der Waals surface area (Å²) in [4.78, 5) is 11.4. The number of rotatable bonds is 5. The van der Waals surface area contributed by atoms with E-state index < -0.39 is 18.2 Å². The number of cyclic esters (lactones) is 1. The highest BCUT2D eigenvalue weighted by atomic mass is 35.5. The molecule has 0 aliphatic carbocycles. The smallest absolute Gasteiger partial charge is 0.309 e. The molecule has 1 N–H and O–H groups in total. The summed E-state index contributed by atoms with van der Waals surface area (Å²) in [5.41, 5.74) is 1.24. The molecule has 2 aromatic rings. The summed E-state index contributed by atoms with van der Waals surface area (Å²) in [6.45, 7) is 0.151. The van der Waals surface area contributed by atoms with E-state index in [1.165, 1.54) is 12.4 Å². The monoisotopic (exact) mass is 409 g/mol. The number of nitrogens with zero attached hydrogens (tertiary/aromatic N) is 1. The lowest BCUT2D eigenvalue weighted by Crippen LogP contribution is -2.31. The summed E-state index contributed by atoms with van der Waals surface area (Å²) in [5, 5.41) is 21.8. The molecular weight excluding hydrogens is 393 g/mol. The summed E-state index contributed by atoms with van der Waals surface area (Å²) in [7, 11) is 0. The molecule has 2 heterocycles. The number of carbonyl (C=O) groups is 1. The summed E-state index contributed by atoms with van der Waals surface area (Å²) >= 11 is 12.4. The van der Waals surface area contributed by atoms with Gasteiger partial charge in [-0.3, -0.25) is 4.79 Å².